The summed E-state index contributed by atoms with van der Waals surface area (Å²) in [6, 6.07) is 15.3. The van der Waals surface area contributed by atoms with E-state index in [1.807, 2.05) is 18.2 Å². The van der Waals surface area contributed by atoms with Gasteiger partial charge in [0.25, 0.3) is 5.91 Å². The monoisotopic (exact) mass is 483 g/mol. The Bertz CT molecular complexity index is 1150. The highest BCUT2D eigenvalue weighted by Crippen LogP contribution is 2.43. The van der Waals surface area contributed by atoms with E-state index in [0.29, 0.717) is 11.8 Å². The first kappa shape index (κ1) is 23.3. The SMILES string of the molecule is COc1ccc(S(=O)(=O)NC2CCC2)cc1C(=O)NC12CCCC(CC1)N2Cc1ccccc1. The number of hydrogen-bond acceptors (Lipinski definition) is 5. The van der Waals surface area contributed by atoms with Crippen LogP contribution in [0.1, 0.15) is 67.3 Å². The van der Waals surface area contributed by atoms with Gasteiger partial charge in [0.2, 0.25) is 10.0 Å². The van der Waals surface area contributed by atoms with Gasteiger partial charge < -0.3 is 10.1 Å². The molecule has 2 aliphatic heterocycles. The summed E-state index contributed by atoms with van der Waals surface area (Å²) in [6.45, 7) is 0.780. The summed E-state index contributed by atoms with van der Waals surface area (Å²) < 4.78 is 34.0. The first-order valence-corrected chi connectivity index (χ1v) is 13.7. The van der Waals surface area contributed by atoms with Crippen molar-refractivity contribution in [3.63, 3.8) is 0 Å². The topological polar surface area (TPSA) is 87.7 Å². The van der Waals surface area contributed by atoms with Gasteiger partial charge in [-0.3, -0.25) is 9.69 Å². The predicted octanol–water partition coefficient (Wildman–Crippen LogP) is 3.80. The smallest absolute Gasteiger partial charge is 0.256 e. The maximum absolute atomic E-state index is 13.6. The van der Waals surface area contributed by atoms with Gasteiger partial charge in [0.15, 0.2) is 0 Å². The molecule has 1 saturated carbocycles. The van der Waals surface area contributed by atoms with Gasteiger partial charge in [-0.15, -0.1) is 0 Å². The second kappa shape index (κ2) is 9.32. The summed E-state index contributed by atoms with van der Waals surface area (Å²) in [5.41, 5.74) is 1.05. The molecule has 3 fully saturated rings. The predicted molar refractivity (Wildman–Crippen MR) is 130 cm³/mol. The van der Waals surface area contributed by atoms with Crippen molar-refractivity contribution in [3.05, 3.63) is 59.7 Å². The fraction of sp³-hybridized carbons (Fsp3) is 0.500. The van der Waals surface area contributed by atoms with Gasteiger partial charge in [-0.2, -0.15) is 0 Å². The lowest BCUT2D eigenvalue weighted by Gasteiger charge is -2.45. The van der Waals surface area contributed by atoms with Crippen molar-refractivity contribution in [2.24, 2.45) is 0 Å². The van der Waals surface area contributed by atoms with Crippen molar-refractivity contribution < 1.29 is 17.9 Å². The van der Waals surface area contributed by atoms with Gasteiger partial charge in [-0.05, 0) is 68.7 Å². The molecule has 1 aliphatic carbocycles. The number of carbonyl (C=O) groups is 1. The number of nitrogens with zero attached hydrogens (tertiary/aromatic N) is 1. The molecule has 2 saturated heterocycles. The summed E-state index contributed by atoms with van der Waals surface area (Å²) in [6.07, 6.45) is 7.75. The number of hydrogen-bond donors (Lipinski definition) is 2. The van der Waals surface area contributed by atoms with Crippen LogP contribution in [-0.4, -0.2) is 44.1 Å². The van der Waals surface area contributed by atoms with Crippen molar-refractivity contribution in [1.82, 2.24) is 14.9 Å². The fourth-order valence-corrected chi connectivity index (χ4v) is 6.97. The minimum absolute atomic E-state index is 0.0209. The largest absolute Gasteiger partial charge is 0.496 e. The first-order chi connectivity index (χ1) is 16.4. The average molecular weight is 484 g/mol. The molecule has 0 spiro atoms. The summed E-state index contributed by atoms with van der Waals surface area (Å²) in [7, 11) is -2.20. The van der Waals surface area contributed by atoms with E-state index in [1.54, 1.807) is 6.07 Å². The Kier molecular flexibility index (Phi) is 6.39. The number of ether oxygens (including phenoxy) is 1. The molecule has 2 aromatic carbocycles. The fourth-order valence-electron chi connectivity index (χ4n) is 5.63. The zero-order valence-electron chi connectivity index (χ0n) is 19.6. The maximum atomic E-state index is 13.6. The molecule has 0 aromatic heterocycles. The Labute approximate surface area is 201 Å². The Hall–Kier alpha value is -2.42. The van der Waals surface area contributed by atoms with Gasteiger partial charge >= 0.3 is 0 Å². The molecule has 5 rings (SSSR count). The first-order valence-electron chi connectivity index (χ1n) is 12.2. The highest BCUT2D eigenvalue weighted by molar-refractivity contribution is 7.89. The van der Waals surface area contributed by atoms with Gasteiger partial charge in [-0.25, -0.2) is 13.1 Å². The Morgan fingerprint density at radius 2 is 1.85 bits per heavy atom. The van der Waals surface area contributed by atoms with Crippen LogP contribution < -0.4 is 14.8 Å². The normalized spacial score (nSPS) is 25.0. The van der Waals surface area contributed by atoms with Crippen LogP contribution in [0.4, 0.5) is 0 Å². The average Bonchev–Trinajstić information content (AvgIpc) is 2.99. The van der Waals surface area contributed by atoms with Gasteiger partial charge in [0, 0.05) is 18.6 Å². The van der Waals surface area contributed by atoms with Crippen LogP contribution in [0.2, 0.25) is 0 Å². The van der Waals surface area contributed by atoms with E-state index in [0.717, 1.165) is 57.9 Å². The number of piperidine rings is 1. The molecular weight excluding hydrogens is 450 g/mol. The highest BCUT2D eigenvalue weighted by atomic mass is 32.2. The van der Waals surface area contributed by atoms with Crippen LogP contribution >= 0.6 is 0 Å². The van der Waals surface area contributed by atoms with E-state index < -0.39 is 15.7 Å². The van der Waals surface area contributed by atoms with Crippen LogP contribution in [-0.2, 0) is 16.6 Å². The van der Waals surface area contributed by atoms with Crippen LogP contribution in [0.3, 0.4) is 0 Å². The zero-order chi connectivity index (χ0) is 23.8. The molecule has 0 radical (unpaired) electrons. The van der Waals surface area contributed by atoms with Crippen LogP contribution in [0.25, 0.3) is 0 Å². The van der Waals surface area contributed by atoms with E-state index in [4.69, 9.17) is 4.74 Å². The molecule has 3 aliphatic rings. The Morgan fingerprint density at radius 1 is 1.06 bits per heavy atom. The minimum Gasteiger partial charge on any atom is -0.496 e. The third kappa shape index (κ3) is 4.46. The summed E-state index contributed by atoms with van der Waals surface area (Å²) >= 11 is 0. The molecule has 2 bridgehead atoms. The van der Waals surface area contributed by atoms with E-state index in [2.05, 4.69) is 27.1 Å². The van der Waals surface area contributed by atoms with Gasteiger partial charge in [0.1, 0.15) is 5.75 Å². The van der Waals surface area contributed by atoms with E-state index >= 15 is 0 Å². The second-order valence-corrected chi connectivity index (χ2v) is 11.5. The van der Waals surface area contributed by atoms with E-state index in [-0.39, 0.29) is 22.4 Å². The van der Waals surface area contributed by atoms with Crippen molar-refractivity contribution >= 4 is 15.9 Å². The van der Waals surface area contributed by atoms with Gasteiger partial charge in [-0.1, -0.05) is 36.8 Å². The minimum atomic E-state index is -3.69. The molecular formula is C26H33N3O4S. The number of amides is 1. The lowest BCUT2D eigenvalue weighted by molar-refractivity contribution is 0.0184. The van der Waals surface area contributed by atoms with Crippen molar-refractivity contribution in [1.29, 1.82) is 0 Å². The van der Waals surface area contributed by atoms with Crippen LogP contribution in [0.5, 0.6) is 5.75 Å². The third-order valence-electron chi connectivity index (χ3n) is 7.70. The van der Waals surface area contributed by atoms with Crippen molar-refractivity contribution in [3.8, 4) is 5.75 Å². The van der Waals surface area contributed by atoms with Gasteiger partial charge in [0.05, 0.1) is 23.2 Å². The zero-order valence-corrected chi connectivity index (χ0v) is 20.4. The molecule has 2 atom stereocenters. The van der Waals surface area contributed by atoms with Crippen LogP contribution in [0.15, 0.2) is 53.4 Å². The number of fused-ring (bicyclic) bond motifs is 2. The Morgan fingerprint density at radius 3 is 2.56 bits per heavy atom. The van der Waals surface area contributed by atoms with Crippen molar-refractivity contribution in [2.75, 3.05) is 7.11 Å². The van der Waals surface area contributed by atoms with Crippen LogP contribution in [0, 0.1) is 0 Å². The quantitative estimate of drug-likeness (QED) is 0.596. The van der Waals surface area contributed by atoms with E-state index in [1.165, 1.54) is 24.8 Å². The number of nitrogens with one attached hydrogen (secondary N) is 2. The number of sulfonamides is 1. The molecule has 34 heavy (non-hydrogen) atoms. The molecule has 1 amide bonds. The summed E-state index contributed by atoms with van der Waals surface area (Å²) in [5.74, 6) is 0.0783. The highest BCUT2D eigenvalue weighted by Gasteiger charge is 2.49. The molecule has 2 aromatic rings. The third-order valence-corrected chi connectivity index (χ3v) is 9.22. The maximum Gasteiger partial charge on any atom is 0.256 e. The molecule has 182 valence electrons. The second-order valence-electron chi connectivity index (χ2n) is 9.80. The molecule has 8 heteroatoms. The molecule has 7 nitrogen and oxygen atoms in total. The van der Waals surface area contributed by atoms with Crippen molar-refractivity contribution in [2.45, 2.75) is 80.6 Å². The molecule has 2 heterocycles. The summed E-state index contributed by atoms with van der Waals surface area (Å²) in [5, 5.41) is 3.32. The number of benzene rings is 2. The standard InChI is InChI=1S/C26H33N3O4S/c1-33-24-13-12-22(34(31,32)28-20-9-5-10-20)17-23(24)25(30)27-26-15-6-11-21(14-16-26)29(26)18-19-7-3-2-4-8-19/h2-4,7-8,12-13,17,20-21,28H,5-6,9-11,14-16,18H2,1H3,(H,27,30). The Balaban J connectivity index is 1.41. The lowest BCUT2D eigenvalue weighted by Crippen LogP contribution is -2.60. The molecule has 2 unspecified atom stereocenters. The molecule has 2 N–H and O–H groups in total. The summed E-state index contributed by atoms with van der Waals surface area (Å²) in [4.78, 5) is 16.1. The number of rotatable bonds is 8. The van der Waals surface area contributed by atoms with E-state index in [9.17, 15) is 13.2 Å². The number of methoxy groups -OCH3 is 1. The lowest BCUT2D eigenvalue weighted by atomic mass is 9.94. The number of carbonyl (C=O) groups excluding carboxylic acids is 1.